The second-order valence-electron chi connectivity index (χ2n) is 6.28. The molecule has 3 N–H and O–H groups in total. The Morgan fingerprint density at radius 3 is 2.57 bits per heavy atom. The number of benzene rings is 2. The Hall–Kier alpha value is -3.29. The number of hydrogen-bond donors (Lipinski definition) is 3. The Labute approximate surface area is 183 Å². The Bertz CT molecular complexity index is 1080. The molecular weight excluding hydrogens is 427 g/mol. The van der Waals surface area contributed by atoms with Crippen LogP contribution in [0.4, 0.5) is 11.4 Å². The lowest BCUT2D eigenvalue weighted by atomic mass is 10.1. The van der Waals surface area contributed by atoms with E-state index in [1.807, 2.05) is 13.0 Å². The van der Waals surface area contributed by atoms with Crippen molar-refractivity contribution in [3.05, 3.63) is 81.7 Å². The van der Waals surface area contributed by atoms with Crippen molar-refractivity contribution in [3.8, 4) is 0 Å². The first-order chi connectivity index (χ1) is 14.4. The van der Waals surface area contributed by atoms with Crippen LogP contribution in [0.15, 0.2) is 64.3 Å². The molecule has 0 atom stereocenters. The van der Waals surface area contributed by atoms with Crippen molar-refractivity contribution in [3.63, 3.8) is 0 Å². The summed E-state index contributed by atoms with van der Waals surface area (Å²) in [6.07, 6.45) is 2.87. The number of carbonyl (C=O) groups excluding carboxylic acids is 2. The Morgan fingerprint density at radius 2 is 1.80 bits per heavy atom. The van der Waals surface area contributed by atoms with Gasteiger partial charge in [-0.2, -0.15) is 5.10 Å². The first-order valence-electron chi connectivity index (χ1n) is 8.89. The standard InChI is InChI=1S/C21H18Cl2N4O3/c1-13-4-5-16(23)10-19(13)26-18-7-6-15(22)9-14(18)11-25-27-21(29)20(28)24-12-17-3-2-8-30-17/h2-11,26H,12H2,1H3,(H,24,28)(H,27,29)/b25-11-. The van der Waals surface area contributed by atoms with Crippen molar-refractivity contribution in [2.45, 2.75) is 13.5 Å². The quantitative estimate of drug-likeness (QED) is 0.298. The number of halogens is 2. The predicted octanol–water partition coefficient (Wildman–Crippen LogP) is 4.40. The average molecular weight is 445 g/mol. The zero-order valence-electron chi connectivity index (χ0n) is 15.9. The molecule has 2 amide bonds. The lowest BCUT2D eigenvalue weighted by Gasteiger charge is -2.12. The summed E-state index contributed by atoms with van der Waals surface area (Å²) in [5, 5.41) is 10.7. The van der Waals surface area contributed by atoms with E-state index in [4.69, 9.17) is 27.6 Å². The summed E-state index contributed by atoms with van der Waals surface area (Å²) in [5.74, 6) is -1.20. The largest absolute Gasteiger partial charge is 0.467 e. The number of nitrogens with zero attached hydrogens (tertiary/aromatic N) is 1. The van der Waals surface area contributed by atoms with Gasteiger partial charge in [-0.1, -0.05) is 29.3 Å². The van der Waals surface area contributed by atoms with E-state index in [1.165, 1.54) is 12.5 Å². The number of carbonyl (C=O) groups is 2. The van der Waals surface area contributed by atoms with Gasteiger partial charge in [-0.3, -0.25) is 9.59 Å². The summed E-state index contributed by atoms with van der Waals surface area (Å²) in [5.41, 5.74) is 5.32. The minimum absolute atomic E-state index is 0.102. The van der Waals surface area contributed by atoms with Gasteiger partial charge in [0.05, 0.1) is 19.0 Å². The number of nitrogens with one attached hydrogen (secondary N) is 3. The van der Waals surface area contributed by atoms with E-state index in [0.29, 0.717) is 27.1 Å². The fraction of sp³-hybridized carbons (Fsp3) is 0.0952. The van der Waals surface area contributed by atoms with E-state index in [2.05, 4.69) is 21.2 Å². The Kier molecular flexibility index (Phi) is 7.11. The van der Waals surface area contributed by atoms with Gasteiger partial charge in [0.25, 0.3) is 0 Å². The number of aryl methyl sites for hydroxylation is 1. The van der Waals surface area contributed by atoms with Crippen molar-refractivity contribution < 1.29 is 14.0 Å². The Morgan fingerprint density at radius 1 is 1.03 bits per heavy atom. The zero-order valence-corrected chi connectivity index (χ0v) is 17.4. The molecule has 0 saturated carbocycles. The maximum atomic E-state index is 11.9. The van der Waals surface area contributed by atoms with Crippen LogP contribution < -0.4 is 16.1 Å². The molecule has 0 radical (unpaired) electrons. The number of furan rings is 1. The smallest absolute Gasteiger partial charge is 0.329 e. The third-order valence-corrected chi connectivity index (χ3v) is 4.53. The van der Waals surface area contributed by atoms with E-state index >= 15 is 0 Å². The van der Waals surface area contributed by atoms with Crippen molar-refractivity contribution in [1.29, 1.82) is 0 Å². The molecule has 0 aliphatic rings. The molecule has 0 fully saturated rings. The van der Waals surface area contributed by atoms with Crippen molar-refractivity contribution >= 4 is 52.6 Å². The molecule has 1 aromatic heterocycles. The summed E-state index contributed by atoms with van der Waals surface area (Å²) in [6.45, 7) is 2.05. The fourth-order valence-electron chi connectivity index (χ4n) is 2.50. The summed E-state index contributed by atoms with van der Waals surface area (Å²) < 4.78 is 5.09. The molecule has 0 aliphatic carbocycles. The van der Waals surface area contributed by atoms with Gasteiger partial charge in [0.15, 0.2) is 0 Å². The molecule has 1 heterocycles. The molecule has 0 unspecified atom stereocenters. The van der Waals surface area contributed by atoms with E-state index in [-0.39, 0.29) is 6.54 Å². The predicted molar refractivity (Wildman–Crippen MR) is 117 cm³/mol. The van der Waals surface area contributed by atoms with Crippen LogP contribution in [0.1, 0.15) is 16.9 Å². The van der Waals surface area contributed by atoms with Crippen molar-refractivity contribution in [2.75, 3.05) is 5.32 Å². The fourth-order valence-corrected chi connectivity index (χ4v) is 2.85. The third-order valence-electron chi connectivity index (χ3n) is 4.06. The normalized spacial score (nSPS) is 10.8. The lowest BCUT2D eigenvalue weighted by molar-refractivity contribution is -0.139. The highest BCUT2D eigenvalue weighted by Gasteiger charge is 2.13. The number of anilines is 2. The second kappa shape index (κ2) is 9.96. The van der Waals surface area contributed by atoms with Crippen LogP contribution >= 0.6 is 23.2 Å². The van der Waals surface area contributed by atoms with Crippen LogP contribution in [0, 0.1) is 6.92 Å². The molecular formula is C21H18Cl2N4O3. The highest BCUT2D eigenvalue weighted by atomic mass is 35.5. The summed E-state index contributed by atoms with van der Waals surface area (Å²) in [7, 11) is 0. The van der Waals surface area contributed by atoms with Crippen LogP contribution in [0.2, 0.25) is 10.0 Å². The van der Waals surface area contributed by atoms with Gasteiger partial charge in [-0.05, 0) is 55.0 Å². The minimum atomic E-state index is -0.903. The molecule has 7 nitrogen and oxygen atoms in total. The molecule has 3 rings (SSSR count). The number of amides is 2. The monoisotopic (exact) mass is 444 g/mol. The van der Waals surface area contributed by atoms with Gasteiger partial charge in [0, 0.05) is 27.0 Å². The van der Waals surface area contributed by atoms with E-state index in [0.717, 1.165) is 11.3 Å². The van der Waals surface area contributed by atoms with E-state index < -0.39 is 11.8 Å². The molecule has 0 spiro atoms. The summed E-state index contributed by atoms with van der Waals surface area (Å²) in [4.78, 5) is 23.7. The van der Waals surface area contributed by atoms with Gasteiger partial charge >= 0.3 is 11.8 Å². The molecule has 0 aliphatic heterocycles. The van der Waals surface area contributed by atoms with Crippen LogP contribution in [-0.2, 0) is 16.1 Å². The molecule has 30 heavy (non-hydrogen) atoms. The summed E-state index contributed by atoms with van der Waals surface area (Å²) >= 11 is 12.2. The van der Waals surface area contributed by atoms with Gasteiger partial charge < -0.3 is 15.1 Å². The van der Waals surface area contributed by atoms with Gasteiger partial charge in [0.1, 0.15) is 5.76 Å². The number of rotatable bonds is 6. The molecule has 3 aromatic rings. The first kappa shape index (κ1) is 21.4. The van der Waals surface area contributed by atoms with E-state index in [1.54, 1.807) is 42.5 Å². The molecule has 9 heteroatoms. The van der Waals surface area contributed by atoms with Crippen LogP contribution in [0.3, 0.4) is 0 Å². The second-order valence-corrected chi connectivity index (χ2v) is 7.15. The first-order valence-corrected chi connectivity index (χ1v) is 9.64. The number of hydrazone groups is 1. The SMILES string of the molecule is Cc1ccc(Cl)cc1Nc1ccc(Cl)cc1/C=N\NC(=O)C(=O)NCc1ccco1. The molecule has 154 valence electrons. The van der Waals surface area contributed by atoms with Crippen molar-refractivity contribution in [2.24, 2.45) is 5.10 Å². The summed E-state index contributed by atoms with van der Waals surface area (Å²) in [6, 6.07) is 14.1. The van der Waals surface area contributed by atoms with Gasteiger partial charge in [-0.25, -0.2) is 5.43 Å². The third kappa shape index (κ3) is 5.85. The van der Waals surface area contributed by atoms with Crippen molar-refractivity contribution in [1.82, 2.24) is 10.7 Å². The van der Waals surface area contributed by atoms with Gasteiger partial charge in [-0.15, -0.1) is 0 Å². The number of hydrogen-bond acceptors (Lipinski definition) is 5. The topological polar surface area (TPSA) is 95.7 Å². The maximum absolute atomic E-state index is 11.9. The van der Waals surface area contributed by atoms with Gasteiger partial charge in [0.2, 0.25) is 0 Å². The highest BCUT2D eigenvalue weighted by molar-refractivity contribution is 6.35. The maximum Gasteiger partial charge on any atom is 0.329 e. The minimum Gasteiger partial charge on any atom is -0.467 e. The van der Waals surface area contributed by atoms with E-state index in [9.17, 15) is 9.59 Å². The van der Waals surface area contributed by atoms with Crippen LogP contribution in [0.5, 0.6) is 0 Å². The van der Waals surface area contributed by atoms with Crippen LogP contribution in [-0.4, -0.2) is 18.0 Å². The highest BCUT2D eigenvalue weighted by Crippen LogP contribution is 2.27. The lowest BCUT2D eigenvalue weighted by Crippen LogP contribution is -2.37. The molecule has 0 saturated heterocycles. The average Bonchev–Trinajstić information content (AvgIpc) is 3.24. The van der Waals surface area contributed by atoms with Crippen LogP contribution in [0.25, 0.3) is 0 Å². The Balaban J connectivity index is 1.65. The zero-order chi connectivity index (χ0) is 21.5. The molecule has 2 aromatic carbocycles. The molecule has 0 bridgehead atoms.